The average molecular weight is 209 g/mol. The second-order valence-electron chi connectivity index (χ2n) is 3.24. The van der Waals surface area contributed by atoms with E-state index in [1.165, 1.54) is 6.07 Å². The highest BCUT2D eigenvalue weighted by Crippen LogP contribution is 2.24. The van der Waals surface area contributed by atoms with E-state index in [9.17, 15) is 4.39 Å². The van der Waals surface area contributed by atoms with Gasteiger partial charge in [-0.1, -0.05) is 0 Å². The number of nitrogens with two attached hydrogens (primary N) is 1. The molecule has 2 heterocycles. The van der Waals surface area contributed by atoms with E-state index in [2.05, 4.69) is 10.4 Å². The average Bonchev–Trinajstić information content (AvgIpc) is 2.75. The fourth-order valence-corrected chi connectivity index (χ4v) is 1.51. The summed E-state index contributed by atoms with van der Waals surface area (Å²) in [5, 5.41) is 0. The first-order chi connectivity index (χ1) is 7.31. The molecule has 0 bridgehead atoms. The molecule has 80 valence electrons. The van der Waals surface area contributed by atoms with Crippen molar-refractivity contribution >= 4 is 0 Å². The molecule has 5 heteroatoms. The highest BCUT2D eigenvalue weighted by molar-refractivity contribution is 5.20. The minimum Gasteiger partial charge on any atom is -0.496 e. The molecule has 3 N–H and O–H groups in total. The molecule has 0 fully saturated rings. The maximum atomic E-state index is 12.7. The number of hydrogen-bond acceptors (Lipinski definition) is 4. The molecule has 15 heavy (non-hydrogen) atoms. The Morgan fingerprint density at radius 2 is 2.40 bits per heavy atom. The van der Waals surface area contributed by atoms with E-state index in [-0.39, 0.29) is 11.9 Å². The lowest BCUT2D eigenvalue weighted by atomic mass is 10.1. The Hall–Kier alpha value is -1.46. The van der Waals surface area contributed by atoms with Crippen LogP contribution in [0.1, 0.15) is 18.2 Å². The van der Waals surface area contributed by atoms with E-state index >= 15 is 0 Å². The van der Waals surface area contributed by atoms with Gasteiger partial charge in [0.1, 0.15) is 17.6 Å². The Bertz CT molecular complexity index is 363. The molecule has 0 spiro atoms. The van der Waals surface area contributed by atoms with Crippen molar-refractivity contribution in [3.63, 3.8) is 0 Å². The molecule has 0 radical (unpaired) electrons. The van der Waals surface area contributed by atoms with Gasteiger partial charge < -0.3 is 4.74 Å². The van der Waals surface area contributed by atoms with Crippen LogP contribution in [0.15, 0.2) is 30.2 Å². The van der Waals surface area contributed by atoms with E-state index in [0.29, 0.717) is 12.3 Å². The van der Waals surface area contributed by atoms with Crippen molar-refractivity contribution in [1.82, 2.24) is 10.4 Å². The zero-order valence-corrected chi connectivity index (χ0v) is 8.11. The van der Waals surface area contributed by atoms with E-state index < -0.39 is 0 Å². The fraction of sp³-hybridized carbons (Fsp3) is 0.300. The summed E-state index contributed by atoms with van der Waals surface area (Å²) < 4.78 is 18.0. The van der Waals surface area contributed by atoms with Crippen LogP contribution < -0.4 is 11.3 Å². The van der Waals surface area contributed by atoms with Gasteiger partial charge in [0.15, 0.2) is 0 Å². The fourth-order valence-electron chi connectivity index (χ4n) is 1.51. The second kappa shape index (κ2) is 4.37. The molecule has 1 aromatic heterocycles. The topological polar surface area (TPSA) is 60.2 Å². The van der Waals surface area contributed by atoms with Gasteiger partial charge in [0.05, 0.1) is 18.5 Å². The summed E-state index contributed by atoms with van der Waals surface area (Å²) in [5.74, 6) is 5.80. The molecule has 1 aliphatic rings. The quantitative estimate of drug-likeness (QED) is 0.576. The summed E-state index contributed by atoms with van der Waals surface area (Å²) in [4.78, 5) is 3.96. The number of halogens is 1. The lowest BCUT2D eigenvalue weighted by molar-refractivity contribution is 0.214. The second-order valence-corrected chi connectivity index (χ2v) is 3.24. The van der Waals surface area contributed by atoms with Crippen molar-refractivity contribution in [2.45, 2.75) is 12.5 Å². The van der Waals surface area contributed by atoms with Crippen LogP contribution >= 0.6 is 0 Å². The van der Waals surface area contributed by atoms with E-state index in [1.54, 1.807) is 6.07 Å². The molecule has 0 aromatic carbocycles. The molecule has 1 aliphatic heterocycles. The van der Waals surface area contributed by atoms with E-state index in [4.69, 9.17) is 10.6 Å². The molecule has 4 nitrogen and oxygen atoms in total. The number of hydrogen-bond donors (Lipinski definition) is 2. The highest BCUT2D eigenvalue weighted by atomic mass is 19.1. The van der Waals surface area contributed by atoms with Crippen LogP contribution in [0, 0.1) is 5.82 Å². The van der Waals surface area contributed by atoms with Crippen molar-refractivity contribution in [3.05, 3.63) is 41.7 Å². The van der Waals surface area contributed by atoms with Crippen molar-refractivity contribution in [2.24, 2.45) is 5.84 Å². The number of nitrogens with zero attached hydrogens (tertiary/aromatic N) is 1. The molecule has 0 aliphatic carbocycles. The first kappa shape index (κ1) is 10.1. The van der Waals surface area contributed by atoms with Crippen LogP contribution in [0.5, 0.6) is 0 Å². The number of aromatic nitrogens is 1. The maximum Gasteiger partial charge on any atom is 0.141 e. The van der Waals surface area contributed by atoms with Gasteiger partial charge in [-0.15, -0.1) is 0 Å². The summed E-state index contributed by atoms with van der Waals surface area (Å²) in [6, 6.07) is 2.64. The van der Waals surface area contributed by atoms with Crippen molar-refractivity contribution in [2.75, 3.05) is 6.61 Å². The predicted molar refractivity (Wildman–Crippen MR) is 52.9 cm³/mol. The SMILES string of the molecule is NNC(C1=CCCO1)c1ccc(F)cn1. The van der Waals surface area contributed by atoms with Crippen LogP contribution in [0.25, 0.3) is 0 Å². The Kier molecular flexibility index (Phi) is 2.94. The number of hydrazine groups is 1. The summed E-state index contributed by atoms with van der Waals surface area (Å²) >= 11 is 0. The molecule has 0 saturated carbocycles. The van der Waals surface area contributed by atoms with Gasteiger partial charge >= 0.3 is 0 Å². The Balaban J connectivity index is 2.22. The summed E-state index contributed by atoms with van der Waals surface area (Å²) in [6.45, 7) is 0.661. The van der Waals surface area contributed by atoms with Gasteiger partial charge in [0.2, 0.25) is 0 Å². The van der Waals surface area contributed by atoms with Crippen LogP contribution in [-0.4, -0.2) is 11.6 Å². The summed E-state index contributed by atoms with van der Waals surface area (Å²) in [5.41, 5.74) is 3.25. The molecule has 1 atom stereocenters. The first-order valence-corrected chi connectivity index (χ1v) is 4.71. The third-order valence-corrected chi connectivity index (χ3v) is 2.23. The highest BCUT2D eigenvalue weighted by Gasteiger charge is 2.20. The predicted octanol–water partition coefficient (Wildman–Crippen LogP) is 1.03. The zero-order valence-electron chi connectivity index (χ0n) is 8.11. The Labute approximate surface area is 86.9 Å². The maximum absolute atomic E-state index is 12.7. The first-order valence-electron chi connectivity index (χ1n) is 4.71. The molecule has 0 saturated heterocycles. The number of rotatable bonds is 3. The number of ether oxygens (including phenoxy) is 1. The van der Waals surface area contributed by atoms with Gasteiger partial charge in [0.25, 0.3) is 0 Å². The summed E-state index contributed by atoms with van der Waals surface area (Å²) in [7, 11) is 0. The van der Waals surface area contributed by atoms with Gasteiger partial charge in [-0.3, -0.25) is 10.8 Å². The van der Waals surface area contributed by atoms with Gasteiger partial charge in [-0.2, -0.15) is 0 Å². The van der Waals surface area contributed by atoms with Gasteiger partial charge in [0, 0.05) is 6.42 Å². The summed E-state index contributed by atoms with van der Waals surface area (Å²) in [6.07, 6.45) is 3.99. The molecule has 1 unspecified atom stereocenters. The number of nitrogens with one attached hydrogen (secondary N) is 1. The van der Waals surface area contributed by atoms with Crippen molar-refractivity contribution < 1.29 is 9.13 Å². The Morgan fingerprint density at radius 3 is 2.93 bits per heavy atom. The molecule has 1 aromatic rings. The van der Waals surface area contributed by atoms with Crippen LogP contribution in [0.3, 0.4) is 0 Å². The van der Waals surface area contributed by atoms with E-state index in [0.717, 1.165) is 18.4 Å². The van der Waals surface area contributed by atoms with Crippen LogP contribution in [0.4, 0.5) is 4.39 Å². The molecule has 0 amide bonds. The minimum absolute atomic E-state index is 0.298. The van der Waals surface area contributed by atoms with Gasteiger partial charge in [-0.05, 0) is 18.2 Å². The molecular weight excluding hydrogens is 197 g/mol. The van der Waals surface area contributed by atoms with Crippen LogP contribution in [0.2, 0.25) is 0 Å². The Morgan fingerprint density at radius 1 is 1.53 bits per heavy atom. The third-order valence-electron chi connectivity index (χ3n) is 2.23. The van der Waals surface area contributed by atoms with Crippen molar-refractivity contribution in [1.29, 1.82) is 0 Å². The smallest absolute Gasteiger partial charge is 0.141 e. The van der Waals surface area contributed by atoms with Gasteiger partial charge in [-0.25, -0.2) is 9.82 Å². The van der Waals surface area contributed by atoms with E-state index in [1.807, 2.05) is 6.08 Å². The molecule has 2 rings (SSSR count). The third kappa shape index (κ3) is 2.14. The largest absolute Gasteiger partial charge is 0.496 e. The van der Waals surface area contributed by atoms with Crippen molar-refractivity contribution in [3.8, 4) is 0 Å². The standard InChI is InChI=1S/C10H12FN3O/c11-7-3-4-8(13-6-7)10(14-12)9-2-1-5-15-9/h2-4,6,10,14H,1,5,12H2. The normalized spacial score (nSPS) is 17.1. The zero-order chi connectivity index (χ0) is 10.7. The van der Waals surface area contributed by atoms with Crippen LogP contribution in [-0.2, 0) is 4.74 Å². The minimum atomic E-state index is -0.365. The molecular formula is C10H12FN3O. The monoisotopic (exact) mass is 209 g/mol. The lowest BCUT2D eigenvalue weighted by Gasteiger charge is -2.16. The number of pyridine rings is 1. The lowest BCUT2D eigenvalue weighted by Crippen LogP contribution is -2.30.